The highest BCUT2D eigenvalue weighted by Crippen LogP contribution is 2.36. The lowest BCUT2D eigenvalue weighted by atomic mass is 10.1. The summed E-state index contributed by atoms with van der Waals surface area (Å²) in [6.07, 6.45) is 0. The number of thioether (sulfide) groups is 1. The predicted molar refractivity (Wildman–Crippen MR) is 135 cm³/mol. The highest BCUT2D eigenvalue weighted by Gasteiger charge is 2.23. The lowest BCUT2D eigenvalue weighted by Crippen LogP contribution is -2.18. The summed E-state index contributed by atoms with van der Waals surface area (Å²) in [5.41, 5.74) is 2.87. The summed E-state index contributed by atoms with van der Waals surface area (Å²) < 4.78 is 0. The van der Waals surface area contributed by atoms with Crippen molar-refractivity contribution in [2.45, 2.75) is 10.1 Å². The lowest BCUT2D eigenvalue weighted by molar-refractivity contribution is -0.115. The largest absolute Gasteiger partial charge is 0.301 e. The lowest BCUT2D eigenvalue weighted by Gasteiger charge is -2.16. The quantitative estimate of drug-likeness (QED) is 0.272. The van der Waals surface area contributed by atoms with Gasteiger partial charge in [0.1, 0.15) is 5.25 Å². The number of amides is 1. The number of carbonyl (C=O) groups is 1. The Balaban J connectivity index is 1.38. The van der Waals surface area contributed by atoms with E-state index in [-0.39, 0.29) is 11.2 Å². The van der Waals surface area contributed by atoms with E-state index >= 15 is 0 Å². The second-order valence-electron chi connectivity index (χ2n) is 7.31. The van der Waals surface area contributed by atoms with Gasteiger partial charge in [0.15, 0.2) is 5.13 Å². The van der Waals surface area contributed by atoms with E-state index in [2.05, 4.69) is 40.6 Å². The normalized spacial score (nSPS) is 11.9. The van der Waals surface area contributed by atoms with Gasteiger partial charge in [0, 0.05) is 15.8 Å². The van der Waals surface area contributed by atoms with E-state index in [0.29, 0.717) is 5.13 Å². The minimum Gasteiger partial charge on any atom is -0.301 e. The molecule has 0 bridgehead atoms. The highest BCUT2D eigenvalue weighted by molar-refractivity contribution is 8.00. The van der Waals surface area contributed by atoms with Crippen molar-refractivity contribution in [1.82, 2.24) is 4.98 Å². The number of thiazole rings is 1. The van der Waals surface area contributed by atoms with Gasteiger partial charge < -0.3 is 5.32 Å². The average molecular weight is 453 g/mol. The van der Waals surface area contributed by atoms with Gasteiger partial charge in [0.2, 0.25) is 5.91 Å². The number of nitrogens with zero attached hydrogens (tertiary/aromatic N) is 1. The maximum absolute atomic E-state index is 13.3. The van der Waals surface area contributed by atoms with Gasteiger partial charge in [-0.05, 0) is 34.5 Å². The van der Waals surface area contributed by atoms with Gasteiger partial charge >= 0.3 is 0 Å². The van der Waals surface area contributed by atoms with Gasteiger partial charge in [0.05, 0.1) is 5.69 Å². The Hall–Kier alpha value is -3.41. The molecule has 0 fully saturated rings. The molecule has 0 spiro atoms. The van der Waals surface area contributed by atoms with Gasteiger partial charge in [-0.25, -0.2) is 4.98 Å². The molecule has 0 saturated carbocycles. The second kappa shape index (κ2) is 9.39. The minimum atomic E-state index is -0.369. The van der Waals surface area contributed by atoms with Crippen LogP contribution in [0.2, 0.25) is 0 Å². The van der Waals surface area contributed by atoms with Crippen molar-refractivity contribution in [1.29, 1.82) is 0 Å². The van der Waals surface area contributed by atoms with Crippen LogP contribution in [0.5, 0.6) is 0 Å². The minimum absolute atomic E-state index is 0.0792. The van der Waals surface area contributed by atoms with Crippen molar-refractivity contribution in [3.63, 3.8) is 0 Å². The number of aromatic nitrogens is 1. The molecule has 0 aliphatic rings. The molecule has 32 heavy (non-hydrogen) atoms. The molecule has 1 amide bonds. The first kappa shape index (κ1) is 20.5. The maximum atomic E-state index is 13.3. The summed E-state index contributed by atoms with van der Waals surface area (Å²) in [5.74, 6) is -0.0792. The molecular formula is C27H20N2OS2. The molecule has 0 aliphatic heterocycles. The van der Waals surface area contributed by atoms with Gasteiger partial charge in [-0.15, -0.1) is 23.1 Å². The molecule has 156 valence electrons. The molecule has 5 rings (SSSR count). The maximum Gasteiger partial charge on any atom is 0.244 e. The van der Waals surface area contributed by atoms with Crippen LogP contribution in [0.15, 0.2) is 113 Å². The molecular weight excluding hydrogens is 432 g/mol. The molecule has 0 aliphatic carbocycles. The Morgan fingerprint density at radius 2 is 1.50 bits per heavy atom. The van der Waals surface area contributed by atoms with Crippen LogP contribution in [0.4, 0.5) is 5.13 Å². The van der Waals surface area contributed by atoms with Gasteiger partial charge in [-0.3, -0.25) is 4.79 Å². The average Bonchev–Trinajstić information content (AvgIpc) is 3.32. The summed E-state index contributed by atoms with van der Waals surface area (Å²) in [5, 5.41) is 7.63. The van der Waals surface area contributed by atoms with Crippen molar-refractivity contribution in [3.8, 4) is 11.3 Å². The third-order valence-electron chi connectivity index (χ3n) is 5.12. The van der Waals surface area contributed by atoms with Crippen molar-refractivity contribution in [2.24, 2.45) is 0 Å². The van der Waals surface area contributed by atoms with Gasteiger partial charge in [-0.1, -0.05) is 84.9 Å². The predicted octanol–water partition coefficient (Wildman–Crippen LogP) is 7.44. The molecule has 5 heteroatoms. The third kappa shape index (κ3) is 4.59. The van der Waals surface area contributed by atoms with Crippen LogP contribution in [0.1, 0.15) is 10.8 Å². The van der Waals surface area contributed by atoms with E-state index in [1.165, 1.54) is 33.9 Å². The standard InChI is InChI=1S/C27H20N2OS2/c30-26(25(20-10-3-1-4-11-20)32-23-13-5-2-6-14-23)29-27-28-24(18-31-27)22-16-15-19-9-7-8-12-21(19)17-22/h1-18,25H,(H,28,29,30). The van der Waals surface area contributed by atoms with E-state index < -0.39 is 0 Å². The zero-order valence-corrected chi connectivity index (χ0v) is 18.8. The number of carbonyl (C=O) groups excluding carboxylic acids is 1. The van der Waals surface area contributed by atoms with Gasteiger partial charge in [-0.2, -0.15) is 0 Å². The van der Waals surface area contributed by atoms with Crippen LogP contribution >= 0.6 is 23.1 Å². The molecule has 1 aromatic heterocycles. The Labute approximate surface area is 195 Å². The highest BCUT2D eigenvalue weighted by atomic mass is 32.2. The molecule has 1 atom stereocenters. The van der Waals surface area contributed by atoms with Crippen LogP contribution < -0.4 is 5.32 Å². The van der Waals surface area contributed by atoms with Crippen LogP contribution in [-0.2, 0) is 4.79 Å². The number of fused-ring (bicyclic) bond motifs is 1. The number of hydrogen-bond acceptors (Lipinski definition) is 4. The number of benzene rings is 4. The van der Waals surface area contributed by atoms with Crippen molar-refractivity contribution < 1.29 is 4.79 Å². The Kier molecular flexibility index (Phi) is 6.01. The SMILES string of the molecule is O=C(Nc1nc(-c2ccc3ccccc3c2)cs1)C(Sc1ccccc1)c1ccccc1. The van der Waals surface area contributed by atoms with E-state index in [4.69, 9.17) is 0 Å². The molecule has 3 nitrogen and oxygen atoms in total. The van der Waals surface area contributed by atoms with Crippen molar-refractivity contribution in [2.75, 3.05) is 5.32 Å². The van der Waals surface area contributed by atoms with Crippen LogP contribution in [0, 0.1) is 0 Å². The Morgan fingerprint density at radius 1 is 0.812 bits per heavy atom. The molecule has 1 N–H and O–H groups in total. The van der Waals surface area contributed by atoms with Crippen molar-refractivity contribution >= 4 is 44.9 Å². The summed E-state index contributed by atoms with van der Waals surface area (Å²) in [4.78, 5) is 19.0. The fourth-order valence-electron chi connectivity index (χ4n) is 3.52. The number of anilines is 1. The zero-order valence-electron chi connectivity index (χ0n) is 17.1. The molecule has 1 unspecified atom stereocenters. The molecule has 1 heterocycles. The first-order chi connectivity index (χ1) is 15.8. The molecule has 0 saturated heterocycles. The fourth-order valence-corrected chi connectivity index (χ4v) is 5.29. The zero-order chi connectivity index (χ0) is 21.8. The van der Waals surface area contributed by atoms with E-state index in [1.54, 1.807) is 0 Å². The number of hydrogen-bond donors (Lipinski definition) is 1. The summed E-state index contributed by atoms with van der Waals surface area (Å²) in [7, 11) is 0. The van der Waals surface area contributed by atoms with E-state index in [9.17, 15) is 4.79 Å². The third-order valence-corrected chi connectivity index (χ3v) is 7.14. The number of nitrogens with one attached hydrogen (secondary N) is 1. The van der Waals surface area contributed by atoms with Crippen LogP contribution in [-0.4, -0.2) is 10.9 Å². The molecule has 5 aromatic rings. The monoisotopic (exact) mass is 452 g/mol. The first-order valence-corrected chi connectivity index (χ1v) is 12.0. The fraction of sp³-hybridized carbons (Fsp3) is 0.0370. The Bertz CT molecular complexity index is 1350. The summed E-state index contributed by atoms with van der Waals surface area (Å²) in [6, 6.07) is 34.4. The summed E-state index contributed by atoms with van der Waals surface area (Å²) >= 11 is 2.98. The Morgan fingerprint density at radius 3 is 2.28 bits per heavy atom. The topological polar surface area (TPSA) is 42.0 Å². The van der Waals surface area contributed by atoms with Crippen LogP contribution in [0.25, 0.3) is 22.0 Å². The molecule has 0 radical (unpaired) electrons. The first-order valence-electron chi connectivity index (χ1n) is 10.3. The van der Waals surface area contributed by atoms with E-state index in [0.717, 1.165) is 21.7 Å². The number of rotatable bonds is 6. The molecule has 4 aromatic carbocycles. The van der Waals surface area contributed by atoms with Gasteiger partial charge in [0.25, 0.3) is 0 Å². The second-order valence-corrected chi connectivity index (χ2v) is 9.35. The van der Waals surface area contributed by atoms with Crippen molar-refractivity contribution in [3.05, 3.63) is 114 Å². The van der Waals surface area contributed by atoms with E-state index in [1.807, 2.05) is 78.2 Å². The summed E-state index contributed by atoms with van der Waals surface area (Å²) in [6.45, 7) is 0. The smallest absolute Gasteiger partial charge is 0.244 e. The van der Waals surface area contributed by atoms with Crippen LogP contribution in [0.3, 0.4) is 0 Å².